The molecule has 212 valence electrons. The molecule has 2 amide bonds. The number of amides is 2. The van der Waals surface area contributed by atoms with Crippen molar-refractivity contribution < 1.29 is 49.2 Å². The SMILES string of the molecule is CCOS(=O)(=O)c1ccc2c(c1)CN(C(=O)C(F)(F)C1CC1)C2C(=O)Nc1ccc(C(C)(O)C(F)(F)F)cc1. The van der Waals surface area contributed by atoms with Crippen LogP contribution in [0, 0.1) is 5.92 Å². The van der Waals surface area contributed by atoms with Gasteiger partial charge >= 0.3 is 12.1 Å². The third-order valence-electron chi connectivity index (χ3n) is 6.77. The second-order valence-corrected chi connectivity index (χ2v) is 11.2. The van der Waals surface area contributed by atoms with Crippen LogP contribution in [0.25, 0.3) is 0 Å². The Bertz CT molecular complexity index is 1390. The molecule has 0 spiro atoms. The first-order valence-corrected chi connectivity index (χ1v) is 13.3. The Hall–Kier alpha value is -3.10. The summed E-state index contributed by atoms with van der Waals surface area (Å²) in [5.41, 5.74) is -3.42. The highest BCUT2D eigenvalue weighted by molar-refractivity contribution is 7.86. The summed E-state index contributed by atoms with van der Waals surface area (Å²) in [5, 5.41) is 12.2. The predicted molar refractivity (Wildman–Crippen MR) is 127 cm³/mol. The second-order valence-electron chi connectivity index (χ2n) is 9.59. The van der Waals surface area contributed by atoms with Gasteiger partial charge in [-0.3, -0.25) is 13.8 Å². The summed E-state index contributed by atoms with van der Waals surface area (Å²) < 4.78 is 98.4. The van der Waals surface area contributed by atoms with Crippen molar-refractivity contribution in [2.24, 2.45) is 5.92 Å². The van der Waals surface area contributed by atoms with Crippen molar-refractivity contribution in [1.29, 1.82) is 0 Å². The van der Waals surface area contributed by atoms with Crippen LogP contribution < -0.4 is 5.32 Å². The molecule has 1 aliphatic carbocycles. The molecule has 2 aromatic rings. The maximum atomic E-state index is 14.8. The molecular weight excluding hydrogens is 551 g/mol. The van der Waals surface area contributed by atoms with Gasteiger partial charge in [0.2, 0.25) is 0 Å². The summed E-state index contributed by atoms with van der Waals surface area (Å²) in [5.74, 6) is -7.44. The number of rotatable bonds is 8. The van der Waals surface area contributed by atoms with Crippen LogP contribution in [0.3, 0.4) is 0 Å². The topological polar surface area (TPSA) is 113 Å². The van der Waals surface area contributed by atoms with E-state index >= 15 is 0 Å². The van der Waals surface area contributed by atoms with Crippen LogP contribution in [0.5, 0.6) is 0 Å². The molecule has 0 bridgehead atoms. The Labute approximate surface area is 220 Å². The molecular formula is C25H25F5N2O6S. The Morgan fingerprint density at radius 3 is 2.23 bits per heavy atom. The van der Waals surface area contributed by atoms with E-state index in [9.17, 15) is 45.1 Å². The lowest BCUT2D eigenvalue weighted by molar-refractivity contribution is -0.258. The van der Waals surface area contributed by atoms with Crippen LogP contribution in [-0.2, 0) is 36.0 Å². The minimum absolute atomic E-state index is 0.0212. The van der Waals surface area contributed by atoms with Gasteiger partial charge in [0, 0.05) is 18.2 Å². The van der Waals surface area contributed by atoms with Gasteiger partial charge in [0.05, 0.1) is 11.5 Å². The highest BCUT2D eigenvalue weighted by Gasteiger charge is 2.57. The molecule has 2 aliphatic rings. The van der Waals surface area contributed by atoms with Gasteiger partial charge < -0.3 is 15.3 Å². The molecule has 4 rings (SSSR count). The number of anilines is 1. The quantitative estimate of drug-likeness (QED) is 0.359. The molecule has 0 saturated heterocycles. The Morgan fingerprint density at radius 1 is 1.08 bits per heavy atom. The van der Waals surface area contributed by atoms with Crippen molar-refractivity contribution in [3.8, 4) is 0 Å². The van der Waals surface area contributed by atoms with Gasteiger partial charge in [0.1, 0.15) is 6.04 Å². The van der Waals surface area contributed by atoms with Crippen molar-refractivity contribution in [2.75, 3.05) is 11.9 Å². The van der Waals surface area contributed by atoms with Crippen LogP contribution in [-0.4, -0.2) is 48.9 Å². The normalized spacial score (nSPS) is 19.4. The molecule has 2 aromatic carbocycles. The molecule has 1 fully saturated rings. The van der Waals surface area contributed by atoms with E-state index in [1.54, 1.807) is 0 Å². The van der Waals surface area contributed by atoms with Gasteiger partial charge in [-0.15, -0.1) is 0 Å². The standard InChI is InChI=1S/C25H25F5N2O6S/c1-3-38-39(36,37)18-10-11-19-14(12-18)13-32(22(34)24(26,27)16-4-5-16)20(19)21(33)31-17-8-6-15(7-9-17)23(2,35)25(28,29)30/h6-12,16,20,35H,3-5,13H2,1-2H3,(H,31,33). The fourth-order valence-electron chi connectivity index (χ4n) is 4.34. The van der Waals surface area contributed by atoms with E-state index in [4.69, 9.17) is 4.18 Å². The first-order chi connectivity index (χ1) is 18.0. The highest BCUT2D eigenvalue weighted by Crippen LogP contribution is 2.47. The first kappa shape index (κ1) is 28.9. The predicted octanol–water partition coefficient (Wildman–Crippen LogP) is 4.25. The Balaban J connectivity index is 1.66. The molecule has 1 aliphatic heterocycles. The Morgan fingerprint density at radius 2 is 1.69 bits per heavy atom. The van der Waals surface area contributed by atoms with Gasteiger partial charge in [-0.05, 0) is 67.6 Å². The molecule has 2 N–H and O–H groups in total. The van der Waals surface area contributed by atoms with Gasteiger partial charge in [-0.1, -0.05) is 18.2 Å². The lowest BCUT2D eigenvalue weighted by Crippen LogP contribution is -2.46. The van der Waals surface area contributed by atoms with Crippen LogP contribution in [0.2, 0.25) is 0 Å². The summed E-state index contributed by atoms with van der Waals surface area (Å²) in [6.07, 6.45) is -4.68. The first-order valence-electron chi connectivity index (χ1n) is 11.9. The maximum absolute atomic E-state index is 14.8. The van der Waals surface area contributed by atoms with Crippen LogP contribution in [0.1, 0.15) is 49.4 Å². The van der Waals surface area contributed by atoms with Crippen LogP contribution >= 0.6 is 0 Å². The van der Waals surface area contributed by atoms with Gasteiger partial charge in [0.25, 0.3) is 21.9 Å². The molecule has 1 saturated carbocycles. The fraction of sp³-hybridized carbons (Fsp3) is 0.440. The molecule has 39 heavy (non-hydrogen) atoms. The molecule has 0 aromatic heterocycles. The molecule has 1 heterocycles. The van der Waals surface area contributed by atoms with Crippen molar-refractivity contribution in [3.05, 3.63) is 59.2 Å². The molecule has 2 unspecified atom stereocenters. The van der Waals surface area contributed by atoms with E-state index in [1.807, 2.05) is 0 Å². The molecule has 14 heteroatoms. The van der Waals surface area contributed by atoms with Crippen LogP contribution in [0.4, 0.5) is 27.6 Å². The molecule has 2 atom stereocenters. The average molecular weight is 577 g/mol. The lowest BCUT2D eigenvalue weighted by Gasteiger charge is -2.28. The van der Waals surface area contributed by atoms with E-state index in [2.05, 4.69) is 5.32 Å². The van der Waals surface area contributed by atoms with Crippen LogP contribution in [0.15, 0.2) is 47.4 Å². The van der Waals surface area contributed by atoms with Crippen molar-refractivity contribution in [1.82, 2.24) is 4.90 Å². The number of nitrogens with zero attached hydrogens (tertiary/aromatic N) is 1. The summed E-state index contributed by atoms with van der Waals surface area (Å²) in [7, 11) is -4.17. The Kier molecular flexibility index (Phi) is 7.28. The minimum atomic E-state index is -4.96. The van der Waals surface area contributed by atoms with Gasteiger partial charge in [0.15, 0.2) is 5.60 Å². The number of nitrogens with one attached hydrogen (secondary N) is 1. The number of alkyl halides is 5. The van der Waals surface area contributed by atoms with E-state index in [-0.39, 0.29) is 41.2 Å². The number of hydrogen-bond donors (Lipinski definition) is 2. The largest absolute Gasteiger partial charge is 0.421 e. The summed E-state index contributed by atoms with van der Waals surface area (Å²) in [4.78, 5) is 26.6. The average Bonchev–Trinajstić information content (AvgIpc) is 3.64. The number of fused-ring (bicyclic) bond motifs is 1. The van der Waals surface area contributed by atoms with Crippen molar-refractivity contribution in [2.45, 2.75) is 61.9 Å². The van der Waals surface area contributed by atoms with E-state index < -0.39 is 63.7 Å². The van der Waals surface area contributed by atoms with E-state index in [0.717, 1.165) is 36.4 Å². The number of halogens is 5. The summed E-state index contributed by atoms with van der Waals surface area (Å²) in [6, 6.07) is 6.01. The second kappa shape index (κ2) is 9.82. The zero-order valence-corrected chi connectivity index (χ0v) is 21.6. The maximum Gasteiger partial charge on any atom is 0.421 e. The van der Waals surface area contributed by atoms with Crippen molar-refractivity contribution >= 4 is 27.6 Å². The number of aliphatic hydroxyl groups is 1. The minimum Gasteiger partial charge on any atom is -0.376 e. The number of hydrogen-bond acceptors (Lipinski definition) is 6. The van der Waals surface area contributed by atoms with Gasteiger partial charge in [-0.25, -0.2) is 0 Å². The highest BCUT2D eigenvalue weighted by atomic mass is 32.2. The summed E-state index contributed by atoms with van der Waals surface area (Å²) >= 11 is 0. The number of benzene rings is 2. The van der Waals surface area contributed by atoms with E-state index in [0.29, 0.717) is 11.8 Å². The van der Waals surface area contributed by atoms with E-state index in [1.165, 1.54) is 13.0 Å². The molecule has 0 radical (unpaired) electrons. The number of carbonyl (C=O) groups excluding carboxylic acids is 2. The lowest BCUT2D eigenvalue weighted by atomic mass is 9.95. The monoisotopic (exact) mass is 576 g/mol. The smallest absolute Gasteiger partial charge is 0.376 e. The zero-order valence-electron chi connectivity index (χ0n) is 20.8. The summed E-state index contributed by atoms with van der Waals surface area (Å²) in [6.45, 7) is 1.40. The fourth-order valence-corrected chi connectivity index (χ4v) is 5.31. The third kappa shape index (κ3) is 5.37. The van der Waals surface area contributed by atoms with Gasteiger partial charge in [-0.2, -0.15) is 30.4 Å². The third-order valence-corrected chi connectivity index (χ3v) is 8.15. The van der Waals surface area contributed by atoms with Crippen molar-refractivity contribution in [3.63, 3.8) is 0 Å². The molecule has 8 nitrogen and oxygen atoms in total. The number of carbonyl (C=O) groups is 2. The zero-order chi connectivity index (χ0) is 29.0.